The van der Waals surface area contributed by atoms with Crippen molar-refractivity contribution in [2.24, 2.45) is 0 Å². The van der Waals surface area contributed by atoms with Gasteiger partial charge in [0.2, 0.25) is 0 Å². The highest BCUT2D eigenvalue weighted by atomic mass is 32.1. The van der Waals surface area contributed by atoms with Crippen LogP contribution in [0.4, 0.5) is 4.79 Å². The molecule has 148 valence electrons. The van der Waals surface area contributed by atoms with E-state index < -0.39 is 24.5 Å². The summed E-state index contributed by atoms with van der Waals surface area (Å²) >= 11 is 2.86. The van der Waals surface area contributed by atoms with Crippen molar-refractivity contribution in [3.63, 3.8) is 0 Å². The van der Waals surface area contributed by atoms with E-state index in [2.05, 4.69) is 21.7 Å². The number of hydrogen-bond donors (Lipinski definition) is 2. The number of ether oxygens (including phenoxy) is 1. The van der Waals surface area contributed by atoms with Gasteiger partial charge in [0.15, 0.2) is 12.3 Å². The third-order valence-corrected chi connectivity index (χ3v) is 6.03. The van der Waals surface area contributed by atoms with E-state index in [4.69, 9.17) is 4.74 Å². The minimum atomic E-state index is -0.696. The molecule has 3 rings (SSSR count). The Morgan fingerprint density at radius 2 is 2.11 bits per heavy atom. The summed E-state index contributed by atoms with van der Waals surface area (Å²) in [6.07, 6.45) is 7.59. The molecule has 1 aliphatic rings. The van der Waals surface area contributed by atoms with Crippen LogP contribution in [0.25, 0.3) is 9.88 Å². The van der Waals surface area contributed by atoms with E-state index in [-0.39, 0.29) is 5.69 Å². The number of thiophene rings is 1. The highest BCUT2D eigenvalue weighted by molar-refractivity contribution is 7.20. The summed E-state index contributed by atoms with van der Waals surface area (Å²) in [5.74, 6) is -1.38. The molecule has 28 heavy (non-hydrogen) atoms. The smallest absolute Gasteiger partial charge is 0.358 e. The number of carbonyl (C=O) groups excluding carboxylic acids is 3. The second-order valence-corrected chi connectivity index (χ2v) is 8.06. The highest BCUT2D eigenvalue weighted by Gasteiger charge is 2.16. The van der Waals surface area contributed by atoms with Crippen molar-refractivity contribution in [2.45, 2.75) is 32.1 Å². The molecular weight excluding hydrogens is 398 g/mol. The molecule has 0 aromatic carbocycles. The van der Waals surface area contributed by atoms with E-state index in [1.54, 1.807) is 5.38 Å². The third kappa shape index (κ3) is 6.00. The van der Waals surface area contributed by atoms with Crippen LogP contribution in [0.2, 0.25) is 0 Å². The lowest BCUT2D eigenvalue weighted by Crippen LogP contribution is -2.41. The summed E-state index contributed by atoms with van der Waals surface area (Å²) in [5.41, 5.74) is 1.49. The van der Waals surface area contributed by atoms with E-state index >= 15 is 0 Å². The summed E-state index contributed by atoms with van der Waals surface area (Å²) in [5, 5.41) is 9.02. The van der Waals surface area contributed by atoms with Gasteiger partial charge in [-0.05, 0) is 43.6 Å². The standard InChI is InChI=1S/C19H21N3O4S2/c23-16(22-19(25)20-9-8-13-5-2-1-3-6-13)11-26-18(24)14-12-28-17(21-14)15-7-4-10-27-15/h4-5,7,10,12H,1-3,6,8-9,11H2,(H2,20,22,23,25). The molecule has 2 N–H and O–H groups in total. The predicted molar refractivity (Wildman–Crippen MR) is 108 cm³/mol. The first-order valence-corrected chi connectivity index (χ1v) is 10.8. The van der Waals surface area contributed by atoms with E-state index in [9.17, 15) is 14.4 Å². The van der Waals surface area contributed by atoms with Crippen LogP contribution in [0, 0.1) is 0 Å². The second kappa shape index (κ2) is 10.1. The van der Waals surface area contributed by atoms with Gasteiger partial charge in [-0.2, -0.15) is 0 Å². The van der Waals surface area contributed by atoms with Crippen LogP contribution in [-0.4, -0.2) is 36.0 Å². The zero-order valence-corrected chi connectivity index (χ0v) is 16.9. The maximum atomic E-state index is 12.0. The molecule has 0 bridgehead atoms. The minimum Gasteiger partial charge on any atom is -0.451 e. The van der Waals surface area contributed by atoms with Gasteiger partial charge in [0.25, 0.3) is 5.91 Å². The van der Waals surface area contributed by atoms with Gasteiger partial charge < -0.3 is 10.1 Å². The number of rotatable bonds is 7. The number of aromatic nitrogens is 1. The van der Waals surface area contributed by atoms with Gasteiger partial charge in [-0.3, -0.25) is 10.1 Å². The lowest BCUT2D eigenvalue weighted by Gasteiger charge is -2.13. The molecule has 1 aliphatic carbocycles. The first kappa shape index (κ1) is 20.2. The van der Waals surface area contributed by atoms with Crippen LogP contribution in [0.3, 0.4) is 0 Å². The molecule has 3 amide bonds. The van der Waals surface area contributed by atoms with Gasteiger partial charge in [0.1, 0.15) is 5.01 Å². The molecule has 9 heteroatoms. The molecule has 0 radical (unpaired) electrons. The number of allylic oxidation sites excluding steroid dienone is 1. The largest absolute Gasteiger partial charge is 0.451 e. The Morgan fingerprint density at radius 3 is 2.86 bits per heavy atom. The van der Waals surface area contributed by atoms with E-state index in [0.29, 0.717) is 6.54 Å². The number of esters is 1. The molecular formula is C19H21N3O4S2. The van der Waals surface area contributed by atoms with E-state index in [1.807, 2.05) is 17.5 Å². The quantitative estimate of drug-likeness (QED) is 0.526. The zero-order chi connectivity index (χ0) is 19.8. The number of imide groups is 1. The molecule has 7 nitrogen and oxygen atoms in total. The number of thiazole rings is 1. The molecule has 0 saturated heterocycles. The molecule has 0 saturated carbocycles. The monoisotopic (exact) mass is 419 g/mol. The van der Waals surface area contributed by atoms with Crippen molar-refractivity contribution < 1.29 is 19.1 Å². The predicted octanol–water partition coefficient (Wildman–Crippen LogP) is 3.74. The fraction of sp³-hybridized carbons (Fsp3) is 0.368. The van der Waals surface area contributed by atoms with Crippen LogP contribution in [-0.2, 0) is 9.53 Å². The Morgan fingerprint density at radius 1 is 1.21 bits per heavy atom. The molecule has 0 atom stereocenters. The Balaban J connectivity index is 1.36. The lowest BCUT2D eigenvalue weighted by molar-refractivity contribution is -0.123. The van der Waals surface area contributed by atoms with Crippen molar-refractivity contribution in [1.82, 2.24) is 15.6 Å². The average Bonchev–Trinajstić information content (AvgIpc) is 3.38. The minimum absolute atomic E-state index is 0.145. The van der Waals surface area contributed by atoms with Crippen molar-refractivity contribution in [3.8, 4) is 9.88 Å². The zero-order valence-electron chi connectivity index (χ0n) is 15.2. The van der Waals surface area contributed by atoms with Crippen molar-refractivity contribution in [3.05, 3.63) is 40.2 Å². The fourth-order valence-electron chi connectivity index (χ4n) is 2.76. The fourth-order valence-corrected chi connectivity index (χ4v) is 4.36. The number of nitrogens with zero attached hydrogens (tertiary/aromatic N) is 1. The van der Waals surface area contributed by atoms with Gasteiger partial charge in [-0.1, -0.05) is 17.7 Å². The molecule has 0 spiro atoms. The maximum absolute atomic E-state index is 12.0. The van der Waals surface area contributed by atoms with Crippen LogP contribution < -0.4 is 10.6 Å². The highest BCUT2D eigenvalue weighted by Crippen LogP contribution is 2.27. The normalized spacial score (nSPS) is 13.5. The Labute approximate surface area is 170 Å². The van der Waals surface area contributed by atoms with Gasteiger partial charge in [0.05, 0.1) is 4.88 Å². The summed E-state index contributed by atoms with van der Waals surface area (Å²) in [4.78, 5) is 40.7. The Kier molecular flexibility index (Phi) is 7.32. The molecule has 2 heterocycles. The SMILES string of the molecule is O=C(COC(=O)c1csc(-c2cccs2)n1)NC(=O)NCCC1=CCCCC1. The third-order valence-electron chi connectivity index (χ3n) is 4.15. The summed E-state index contributed by atoms with van der Waals surface area (Å²) < 4.78 is 4.93. The van der Waals surface area contributed by atoms with Crippen molar-refractivity contribution in [2.75, 3.05) is 13.2 Å². The van der Waals surface area contributed by atoms with E-state index in [0.717, 1.165) is 29.1 Å². The first-order valence-electron chi connectivity index (χ1n) is 9.04. The van der Waals surface area contributed by atoms with Gasteiger partial charge >= 0.3 is 12.0 Å². The number of carbonyl (C=O) groups is 3. The molecule has 0 aliphatic heterocycles. The number of amides is 3. The molecule has 0 unspecified atom stereocenters. The van der Waals surface area contributed by atoms with Crippen LogP contribution in [0.15, 0.2) is 34.5 Å². The number of urea groups is 1. The summed E-state index contributed by atoms with van der Waals surface area (Å²) in [7, 11) is 0. The molecule has 0 fully saturated rings. The van der Waals surface area contributed by atoms with Crippen LogP contribution >= 0.6 is 22.7 Å². The Hall–Kier alpha value is -2.52. The summed E-state index contributed by atoms with van der Waals surface area (Å²) in [6.45, 7) is -0.0711. The molecule has 2 aromatic rings. The molecule has 2 aromatic heterocycles. The maximum Gasteiger partial charge on any atom is 0.358 e. The number of nitrogens with one attached hydrogen (secondary N) is 2. The lowest BCUT2D eigenvalue weighted by atomic mass is 9.97. The summed E-state index contributed by atoms with van der Waals surface area (Å²) in [6, 6.07) is 3.22. The van der Waals surface area contributed by atoms with Crippen LogP contribution in [0.5, 0.6) is 0 Å². The van der Waals surface area contributed by atoms with Gasteiger partial charge in [-0.25, -0.2) is 14.6 Å². The number of hydrogen-bond acceptors (Lipinski definition) is 7. The van der Waals surface area contributed by atoms with Crippen molar-refractivity contribution >= 4 is 40.6 Å². The Bertz CT molecular complexity index is 858. The van der Waals surface area contributed by atoms with Crippen LogP contribution in [0.1, 0.15) is 42.6 Å². The van der Waals surface area contributed by atoms with Gasteiger partial charge in [0, 0.05) is 11.9 Å². The average molecular weight is 420 g/mol. The van der Waals surface area contributed by atoms with E-state index in [1.165, 1.54) is 41.1 Å². The van der Waals surface area contributed by atoms with Gasteiger partial charge in [-0.15, -0.1) is 22.7 Å². The topological polar surface area (TPSA) is 97.4 Å². The second-order valence-electron chi connectivity index (χ2n) is 6.25. The van der Waals surface area contributed by atoms with Crippen molar-refractivity contribution in [1.29, 1.82) is 0 Å². The first-order chi connectivity index (χ1) is 13.6.